The highest BCUT2D eigenvalue weighted by Gasteiger charge is 2.32. The van der Waals surface area contributed by atoms with E-state index < -0.39 is 0 Å². The van der Waals surface area contributed by atoms with E-state index in [0.717, 1.165) is 5.56 Å². The Kier molecular flexibility index (Phi) is 4.50. The molecule has 2 rings (SSSR count). The molecule has 1 fully saturated rings. The lowest BCUT2D eigenvalue weighted by molar-refractivity contribution is -0.131. The molecule has 1 aliphatic heterocycles. The van der Waals surface area contributed by atoms with Crippen molar-refractivity contribution in [1.29, 1.82) is 0 Å². The molecule has 1 unspecified atom stereocenters. The van der Waals surface area contributed by atoms with Crippen molar-refractivity contribution in [2.75, 3.05) is 24.1 Å². The zero-order chi connectivity index (χ0) is 15.6. The molecule has 1 aromatic rings. The number of carbonyl (C=O) groups is 2. The van der Waals surface area contributed by atoms with Crippen LogP contribution in [0.2, 0.25) is 0 Å². The van der Waals surface area contributed by atoms with Gasteiger partial charge >= 0.3 is 0 Å². The topological polar surface area (TPSA) is 75.4 Å². The Morgan fingerprint density at radius 3 is 2.81 bits per heavy atom. The summed E-state index contributed by atoms with van der Waals surface area (Å²) in [6, 6.07) is 5.39. The Balaban J connectivity index is 1.96. The molecule has 0 aromatic heterocycles. The number of hydrogen-bond acceptors (Lipinski definition) is 3. The van der Waals surface area contributed by atoms with Gasteiger partial charge in [0.1, 0.15) is 0 Å². The first-order valence-electron chi connectivity index (χ1n) is 7.30. The predicted molar refractivity (Wildman–Crippen MR) is 83.7 cm³/mol. The number of nitrogens with one attached hydrogen (secondary N) is 1. The van der Waals surface area contributed by atoms with Gasteiger partial charge in [-0.2, -0.15) is 0 Å². The Morgan fingerprint density at radius 1 is 1.48 bits per heavy atom. The monoisotopic (exact) mass is 289 g/mol. The molecule has 1 heterocycles. The van der Waals surface area contributed by atoms with Gasteiger partial charge < -0.3 is 16.0 Å². The first kappa shape index (κ1) is 15.4. The van der Waals surface area contributed by atoms with Gasteiger partial charge in [0.05, 0.1) is 6.54 Å². The van der Waals surface area contributed by atoms with Gasteiger partial charge in [0.15, 0.2) is 0 Å². The van der Waals surface area contributed by atoms with Crippen LogP contribution < -0.4 is 11.1 Å². The number of nitrogens with two attached hydrogens (primary N) is 1. The summed E-state index contributed by atoms with van der Waals surface area (Å²) in [7, 11) is 0. The number of carbonyl (C=O) groups excluding carboxylic acids is 2. The Bertz CT molecular complexity index is 554. The number of hydrogen-bond donors (Lipinski definition) is 2. The third-order valence-corrected chi connectivity index (χ3v) is 4.06. The van der Waals surface area contributed by atoms with Crippen LogP contribution in [0.5, 0.6) is 0 Å². The van der Waals surface area contributed by atoms with Crippen LogP contribution in [0, 0.1) is 18.8 Å². The minimum atomic E-state index is -0.179. The van der Waals surface area contributed by atoms with Crippen LogP contribution in [0.1, 0.15) is 25.8 Å². The summed E-state index contributed by atoms with van der Waals surface area (Å²) in [5.41, 5.74) is 7.98. The average Bonchev–Trinajstić information content (AvgIpc) is 2.75. The summed E-state index contributed by atoms with van der Waals surface area (Å²) < 4.78 is 0. The molecule has 1 saturated heterocycles. The van der Waals surface area contributed by atoms with Crippen LogP contribution in [-0.4, -0.2) is 29.8 Å². The molecule has 0 saturated carbocycles. The van der Waals surface area contributed by atoms with Crippen LogP contribution in [0.3, 0.4) is 0 Å². The van der Waals surface area contributed by atoms with Crippen LogP contribution in [0.25, 0.3) is 0 Å². The van der Waals surface area contributed by atoms with Gasteiger partial charge in [-0.05, 0) is 36.5 Å². The van der Waals surface area contributed by atoms with Crippen molar-refractivity contribution in [2.45, 2.75) is 27.2 Å². The summed E-state index contributed by atoms with van der Waals surface area (Å²) in [6.07, 6.45) is 0.544. The number of rotatable bonds is 4. The van der Waals surface area contributed by atoms with Crippen LogP contribution in [0.4, 0.5) is 11.4 Å². The van der Waals surface area contributed by atoms with Crippen LogP contribution in [-0.2, 0) is 9.59 Å². The normalized spacial score (nSPS) is 18.4. The number of benzene rings is 1. The van der Waals surface area contributed by atoms with Gasteiger partial charge in [-0.3, -0.25) is 9.59 Å². The van der Waals surface area contributed by atoms with E-state index in [1.54, 1.807) is 17.0 Å². The molecule has 0 radical (unpaired) electrons. The van der Waals surface area contributed by atoms with Crippen LogP contribution >= 0.6 is 0 Å². The maximum absolute atomic E-state index is 12.1. The molecule has 5 nitrogen and oxygen atoms in total. The fraction of sp³-hybridized carbons (Fsp3) is 0.500. The fourth-order valence-electron chi connectivity index (χ4n) is 2.54. The molecule has 2 amide bonds. The molecule has 5 heteroatoms. The fourth-order valence-corrected chi connectivity index (χ4v) is 2.54. The number of likely N-dealkylation sites (tertiary alicyclic amines) is 1. The molecule has 1 atom stereocenters. The van der Waals surface area contributed by atoms with E-state index in [0.29, 0.717) is 36.2 Å². The Labute approximate surface area is 125 Å². The lowest BCUT2D eigenvalue weighted by Crippen LogP contribution is -2.34. The predicted octanol–water partition coefficient (Wildman–Crippen LogP) is 2.02. The molecular formula is C16H23N3O2. The molecular weight excluding hydrogens is 266 g/mol. The molecule has 3 N–H and O–H groups in total. The van der Waals surface area contributed by atoms with E-state index >= 15 is 0 Å². The largest absolute Gasteiger partial charge is 0.399 e. The van der Waals surface area contributed by atoms with E-state index in [1.807, 2.05) is 13.0 Å². The third kappa shape index (κ3) is 3.74. The Morgan fingerprint density at radius 2 is 2.19 bits per heavy atom. The summed E-state index contributed by atoms with van der Waals surface area (Å²) >= 11 is 0. The van der Waals surface area contributed by atoms with E-state index in [-0.39, 0.29) is 18.4 Å². The maximum Gasteiger partial charge on any atom is 0.244 e. The minimum Gasteiger partial charge on any atom is -0.399 e. The van der Waals surface area contributed by atoms with Gasteiger partial charge in [0.25, 0.3) is 0 Å². The zero-order valence-corrected chi connectivity index (χ0v) is 12.8. The van der Waals surface area contributed by atoms with E-state index in [9.17, 15) is 9.59 Å². The lowest BCUT2D eigenvalue weighted by atomic mass is 9.95. The summed E-state index contributed by atoms with van der Waals surface area (Å²) in [5, 5.41) is 2.83. The van der Waals surface area contributed by atoms with Gasteiger partial charge in [-0.1, -0.05) is 19.9 Å². The quantitative estimate of drug-likeness (QED) is 0.833. The third-order valence-electron chi connectivity index (χ3n) is 4.06. The van der Waals surface area contributed by atoms with Gasteiger partial charge in [0.2, 0.25) is 11.8 Å². The smallest absolute Gasteiger partial charge is 0.244 e. The molecule has 21 heavy (non-hydrogen) atoms. The van der Waals surface area contributed by atoms with Crippen molar-refractivity contribution >= 4 is 23.2 Å². The molecule has 114 valence electrons. The number of aryl methyl sites for hydroxylation is 1. The number of amides is 2. The summed E-state index contributed by atoms with van der Waals surface area (Å²) in [4.78, 5) is 25.7. The second-order valence-electron chi connectivity index (χ2n) is 6.11. The van der Waals surface area contributed by atoms with Crippen LogP contribution in [0.15, 0.2) is 18.2 Å². The molecule has 0 aliphatic carbocycles. The zero-order valence-electron chi connectivity index (χ0n) is 12.8. The molecule has 0 spiro atoms. The Hall–Kier alpha value is -2.04. The first-order valence-corrected chi connectivity index (χ1v) is 7.30. The molecule has 1 aromatic carbocycles. The first-order chi connectivity index (χ1) is 9.86. The van der Waals surface area contributed by atoms with Gasteiger partial charge in [0, 0.05) is 24.3 Å². The average molecular weight is 289 g/mol. The van der Waals surface area contributed by atoms with E-state index in [1.165, 1.54) is 0 Å². The van der Waals surface area contributed by atoms with Crippen molar-refractivity contribution in [1.82, 2.24) is 4.90 Å². The van der Waals surface area contributed by atoms with Crippen molar-refractivity contribution in [2.24, 2.45) is 11.8 Å². The highest BCUT2D eigenvalue weighted by atomic mass is 16.2. The highest BCUT2D eigenvalue weighted by molar-refractivity contribution is 5.95. The van der Waals surface area contributed by atoms with Crippen molar-refractivity contribution in [3.63, 3.8) is 0 Å². The van der Waals surface area contributed by atoms with Gasteiger partial charge in [-0.15, -0.1) is 0 Å². The van der Waals surface area contributed by atoms with Crippen molar-refractivity contribution < 1.29 is 9.59 Å². The SMILES string of the molecule is Cc1ccc(N)cc1NC(=O)CN1CC(C(C)C)CC1=O. The lowest BCUT2D eigenvalue weighted by Gasteiger charge is -2.18. The summed E-state index contributed by atoms with van der Waals surface area (Å²) in [5.74, 6) is 0.687. The summed E-state index contributed by atoms with van der Waals surface area (Å²) in [6.45, 7) is 6.90. The molecule has 0 bridgehead atoms. The highest BCUT2D eigenvalue weighted by Crippen LogP contribution is 2.24. The number of anilines is 2. The number of nitrogens with zero attached hydrogens (tertiary/aromatic N) is 1. The maximum atomic E-state index is 12.1. The van der Waals surface area contributed by atoms with Crippen molar-refractivity contribution in [3.8, 4) is 0 Å². The van der Waals surface area contributed by atoms with E-state index in [4.69, 9.17) is 5.73 Å². The van der Waals surface area contributed by atoms with Gasteiger partial charge in [-0.25, -0.2) is 0 Å². The second-order valence-corrected chi connectivity index (χ2v) is 6.11. The standard InChI is InChI=1S/C16H23N3O2/c1-10(2)12-6-16(21)19(8-12)9-15(20)18-14-7-13(17)5-4-11(14)3/h4-5,7,10,12H,6,8-9,17H2,1-3H3,(H,18,20). The molecule has 1 aliphatic rings. The second kappa shape index (κ2) is 6.16. The number of nitrogen functional groups attached to an aromatic ring is 1. The van der Waals surface area contributed by atoms with E-state index in [2.05, 4.69) is 19.2 Å². The van der Waals surface area contributed by atoms with Crippen molar-refractivity contribution in [3.05, 3.63) is 23.8 Å². The minimum absolute atomic E-state index is 0.0631.